The maximum absolute atomic E-state index is 3.77. The molecule has 1 atom stereocenters. The fraction of sp³-hybridized carbons (Fsp3) is 0.158. The maximum atomic E-state index is 3.77. The molecule has 1 aromatic heterocycles. The zero-order valence-corrected chi connectivity index (χ0v) is 13.8. The van der Waals surface area contributed by atoms with Gasteiger partial charge in [-0.15, -0.1) is 0 Å². The largest absolute Gasteiger partial charge is 0.372 e. The second-order valence-corrected chi connectivity index (χ2v) is 7.38. The maximum Gasteiger partial charge on any atom is 0.0803 e. The minimum atomic E-state index is -0.0870. The molecular weight excluding hydrogens is 336 g/mol. The van der Waals surface area contributed by atoms with Gasteiger partial charge in [0.15, 0.2) is 0 Å². The van der Waals surface area contributed by atoms with Crippen LogP contribution in [0.5, 0.6) is 0 Å². The number of hydrogen-bond acceptors (Lipinski definition) is 1. The molecule has 2 nitrogen and oxygen atoms in total. The Labute approximate surface area is 137 Å². The van der Waals surface area contributed by atoms with Crippen LogP contribution in [0.25, 0.3) is 22.7 Å². The molecular formula is C19H15BrN2. The van der Waals surface area contributed by atoms with Gasteiger partial charge in [0.1, 0.15) is 0 Å². The Hall–Kier alpha value is -2.00. The van der Waals surface area contributed by atoms with Gasteiger partial charge in [0.25, 0.3) is 0 Å². The van der Waals surface area contributed by atoms with Gasteiger partial charge in [-0.3, -0.25) is 0 Å². The summed E-state index contributed by atoms with van der Waals surface area (Å²) >= 11 is 3.75. The van der Waals surface area contributed by atoms with E-state index in [0.717, 1.165) is 6.42 Å². The average Bonchev–Trinajstić information content (AvgIpc) is 2.83. The Morgan fingerprint density at radius 1 is 1.09 bits per heavy atom. The van der Waals surface area contributed by atoms with Gasteiger partial charge in [-0.2, -0.15) is 0 Å². The predicted molar refractivity (Wildman–Crippen MR) is 95.8 cm³/mol. The topological polar surface area (TPSA) is 17.0 Å². The highest BCUT2D eigenvalue weighted by atomic mass is 79.9. The number of nitrogens with zero attached hydrogens (tertiary/aromatic N) is 1. The smallest absolute Gasteiger partial charge is 0.0803 e. The Kier molecular flexibility index (Phi) is 2.31. The van der Waals surface area contributed by atoms with Crippen LogP contribution < -0.4 is 5.32 Å². The highest BCUT2D eigenvalue weighted by Gasteiger charge is 2.41. The molecule has 22 heavy (non-hydrogen) atoms. The van der Waals surface area contributed by atoms with Gasteiger partial charge in [-0.25, -0.2) is 0 Å². The van der Waals surface area contributed by atoms with E-state index in [1.165, 1.54) is 38.0 Å². The molecule has 0 saturated carbocycles. The van der Waals surface area contributed by atoms with Gasteiger partial charge < -0.3 is 9.88 Å². The summed E-state index contributed by atoms with van der Waals surface area (Å²) in [5.41, 5.74) is 6.34. The van der Waals surface area contributed by atoms with Crippen LogP contribution in [0, 0.1) is 0 Å². The molecule has 1 unspecified atom stereocenters. The third-order valence-corrected chi connectivity index (χ3v) is 5.32. The minimum Gasteiger partial charge on any atom is -0.372 e. The van der Waals surface area contributed by atoms with E-state index < -0.39 is 0 Å². The zero-order valence-electron chi connectivity index (χ0n) is 12.2. The number of hydrogen-bond donors (Lipinski definition) is 1. The SMILES string of the molecule is CC12CC(Br)=Cc3c1n(c1ccccc31)-c1ccccc1N2. The van der Waals surface area contributed by atoms with Crippen molar-refractivity contribution in [1.82, 2.24) is 4.57 Å². The van der Waals surface area contributed by atoms with E-state index in [9.17, 15) is 0 Å². The van der Waals surface area contributed by atoms with Gasteiger partial charge in [0.2, 0.25) is 0 Å². The number of fused-ring (bicyclic) bond motifs is 5. The van der Waals surface area contributed by atoms with Crippen molar-refractivity contribution >= 4 is 38.6 Å². The Bertz CT molecular complexity index is 967. The molecule has 1 aliphatic carbocycles. The number of nitrogens with one attached hydrogen (secondary N) is 1. The summed E-state index contributed by atoms with van der Waals surface area (Å²) in [5.74, 6) is 0. The molecule has 5 rings (SSSR count). The molecule has 108 valence electrons. The van der Waals surface area contributed by atoms with Gasteiger partial charge >= 0.3 is 0 Å². The summed E-state index contributed by atoms with van der Waals surface area (Å²) in [5, 5.41) is 5.09. The van der Waals surface area contributed by atoms with Crippen LogP contribution in [0.2, 0.25) is 0 Å². The third kappa shape index (κ3) is 1.45. The van der Waals surface area contributed by atoms with Crippen LogP contribution in [-0.2, 0) is 5.54 Å². The van der Waals surface area contributed by atoms with E-state index in [-0.39, 0.29) is 5.54 Å². The fourth-order valence-corrected chi connectivity index (χ4v) is 4.80. The first-order chi connectivity index (χ1) is 10.7. The third-order valence-electron chi connectivity index (χ3n) is 4.82. The van der Waals surface area contributed by atoms with Gasteiger partial charge in [-0.05, 0) is 35.7 Å². The summed E-state index contributed by atoms with van der Waals surface area (Å²) in [7, 11) is 0. The van der Waals surface area contributed by atoms with E-state index in [1.807, 2.05) is 0 Å². The predicted octanol–water partition coefficient (Wildman–Crippen LogP) is 5.41. The lowest BCUT2D eigenvalue weighted by Crippen LogP contribution is -2.39. The summed E-state index contributed by atoms with van der Waals surface area (Å²) in [4.78, 5) is 0. The standard InChI is InChI=1S/C19H15BrN2/c1-19-11-12(20)10-14-13-6-2-4-8-16(13)22(18(14)19)17-9-5-3-7-15(17)21-19/h2-10,21H,11H2,1H3. The first-order valence-electron chi connectivity index (χ1n) is 7.55. The molecule has 2 aromatic carbocycles. The van der Waals surface area contributed by atoms with Crippen LogP contribution in [0.4, 0.5) is 5.69 Å². The van der Waals surface area contributed by atoms with Crippen molar-refractivity contribution in [1.29, 1.82) is 0 Å². The minimum absolute atomic E-state index is 0.0870. The normalized spacial score (nSPS) is 21.8. The molecule has 3 aromatic rings. The van der Waals surface area contributed by atoms with Crippen LogP contribution in [-0.4, -0.2) is 4.57 Å². The van der Waals surface area contributed by atoms with Crippen molar-refractivity contribution < 1.29 is 0 Å². The molecule has 3 heteroatoms. The van der Waals surface area contributed by atoms with Crippen LogP contribution in [0.15, 0.2) is 53.0 Å². The van der Waals surface area contributed by atoms with Crippen LogP contribution in [0.1, 0.15) is 24.6 Å². The van der Waals surface area contributed by atoms with Crippen molar-refractivity contribution in [3.8, 4) is 5.69 Å². The van der Waals surface area contributed by atoms with Gasteiger partial charge in [0.05, 0.1) is 28.1 Å². The van der Waals surface area contributed by atoms with Crippen LogP contribution in [0.3, 0.4) is 0 Å². The summed E-state index contributed by atoms with van der Waals surface area (Å²) < 4.78 is 3.68. The molecule has 0 spiro atoms. The first-order valence-corrected chi connectivity index (χ1v) is 8.34. The lowest BCUT2D eigenvalue weighted by molar-refractivity contribution is 0.507. The lowest BCUT2D eigenvalue weighted by atomic mass is 9.84. The quantitative estimate of drug-likeness (QED) is 0.573. The summed E-state index contributed by atoms with van der Waals surface area (Å²) in [6, 6.07) is 17.3. The molecule has 0 bridgehead atoms. The molecule has 0 fully saturated rings. The number of aromatic nitrogens is 1. The van der Waals surface area contributed by atoms with Gasteiger partial charge in [-0.1, -0.05) is 46.3 Å². The first kappa shape index (κ1) is 12.5. The highest BCUT2D eigenvalue weighted by Crippen LogP contribution is 2.50. The fourth-order valence-electron chi connectivity index (χ4n) is 4.01. The zero-order chi connectivity index (χ0) is 14.9. The van der Waals surface area contributed by atoms with Gasteiger partial charge in [0, 0.05) is 17.4 Å². The summed E-state index contributed by atoms with van der Waals surface area (Å²) in [6.07, 6.45) is 3.25. The number of benzene rings is 2. The van der Waals surface area contributed by atoms with E-state index in [2.05, 4.69) is 87.3 Å². The summed E-state index contributed by atoms with van der Waals surface area (Å²) in [6.45, 7) is 2.30. The molecule has 0 saturated heterocycles. The Balaban J connectivity index is 2.03. The lowest BCUT2D eigenvalue weighted by Gasteiger charge is -2.41. The highest BCUT2D eigenvalue weighted by molar-refractivity contribution is 9.11. The average molecular weight is 351 g/mol. The van der Waals surface area contributed by atoms with E-state index in [0.29, 0.717) is 0 Å². The second kappa shape index (κ2) is 4.05. The molecule has 0 radical (unpaired) electrons. The monoisotopic (exact) mass is 350 g/mol. The molecule has 2 heterocycles. The van der Waals surface area contributed by atoms with E-state index >= 15 is 0 Å². The molecule has 0 amide bonds. The Morgan fingerprint density at radius 3 is 2.77 bits per heavy atom. The Morgan fingerprint density at radius 2 is 1.86 bits per heavy atom. The number of anilines is 1. The number of rotatable bonds is 0. The molecule has 1 N–H and O–H groups in total. The van der Waals surface area contributed by atoms with E-state index in [4.69, 9.17) is 0 Å². The van der Waals surface area contributed by atoms with Crippen molar-refractivity contribution in [3.05, 3.63) is 64.3 Å². The molecule has 2 aliphatic rings. The van der Waals surface area contributed by atoms with Crippen molar-refractivity contribution in [2.45, 2.75) is 18.9 Å². The van der Waals surface area contributed by atoms with Crippen molar-refractivity contribution in [2.24, 2.45) is 0 Å². The second-order valence-electron chi connectivity index (χ2n) is 6.36. The van der Waals surface area contributed by atoms with Crippen molar-refractivity contribution in [2.75, 3.05) is 5.32 Å². The van der Waals surface area contributed by atoms with E-state index in [1.54, 1.807) is 0 Å². The van der Waals surface area contributed by atoms with Crippen LogP contribution >= 0.6 is 15.9 Å². The number of para-hydroxylation sites is 3. The molecule has 1 aliphatic heterocycles. The van der Waals surface area contributed by atoms with Crippen molar-refractivity contribution in [3.63, 3.8) is 0 Å². The number of halogens is 1.